The molecular formula is C8H12N2O2S2. The number of hydrogen-bond acceptors (Lipinski definition) is 4. The fourth-order valence-electron chi connectivity index (χ4n) is 1.05. The first-order chi connectivity index (χ1) is 6.46. The van der Waals surface area contributed by atoms with E-state index in [-0.39, 0.29) is 10.6 Å². The molecule has 0 unspecified atom stereocenters. The van der Waals surface area contributed by atoms with Gasteiger partial charge in [-0.3, -0.25) is 0 Å². The van der Waals surface area contributed by atoms with Gasteiger partial charge in [0.05, 0.1) is 5.69 Å². The minimum atomic E-state index is -3.71. The fourth-order valence-corrected chi connectivity index (χ4v) is 2.55. The predicted octanol–water partition coefficient (Wildman–Crippen LogP) is 1.03. The van der Waals surface area contributed by atoms with Crippen molar-refractivity contribution in [1.29, 1.82) is 0 Å². The third kappa shape index (κ3) is 2.40. The van der Waals surface area contributed by atoms with Gasteiger partial charge in [-0.05, 0) is 17.9 Å². The second-order valence-electron chi connectivity index (χ2n) is 2.65. The first kappa shape index (κ1) is 11.4. The van der Waals surface area contributed by atoms with Crippen molar-refractivity contribution < 1.29 is 8.42 Å². The van der Waals surface area contributed by atoms with E-state index in [4.69, 9.17) is 10.9 Å². The number of benzene rings is 1. The molecule has 1 aromatic rings. The Balaban J connectivity index is 3.28. The lowest BCUT2D eigenvalue weighted by Crippen LogP contribution is -2.14. The molecule has 0 atom stereocenters. The van der Waals surface area contributed by atoms with E-state index in [0.717, 1.165) is 10.6 Å². The van der Waals surface area contributed by atoms with Crippen LogP contribution in [-0.4, -0.2) is 14.2 Å². The van der Waals surface area contributed by atoms with Gasteiger partial charge in [0.2, 0.25) is 10.0 Å². The molecule has 0 bridgehead atoms. The Hall–Kier alpha value is -0.720. The maximum absolute atomic E-state index is 11.1. The first-order valence-electron chi connectivity index (χ1n) is 4.01. The summed E-state index contributed by atoms with van der Waals surface area (Å²) in [7, 11) is -3.71. The number of nitrogens with two attached hydrogens (primary N) is 2. The molecule has 0 saturated carbocycles. The summed E-state index contributed by atoms with van der Waals surface area (Å²) in [5, 5.41) is 5.01. The van der Waals surface area contributed by atoms with E-state index >= 15 is 0 Å². The van der Waals surface area contributed by atoms with Gasteiger partial charge >= 0.3 is 0 Å². The molecule has 0 aliphatic rings. The van der Waals surface area contributed by atoms with Crippen LogP contribution in [0.25, 0.3) is 0 Å². The van der Waals surface area contributed by atoms with Gasteiger partial charge in [-0.1, -0.05) is 13.0 Å². The van der Waals surface area contributed by atoms with Gasteiger partial charge in [-0.15, -0.1) is 11.8 Å². The van der Waals surface area contributed by atoms with Gasteiger partial charge in [-0.25, -0.2) is 13.6 Å². The Kier molecular flexibility index (Phi) is 3.41. The monoisotopic (exact) mass is 232 g/mol. The van der Waals surface area contributed by atoms with Gasteiger partial charge in [0.1, 0.15) is 4.90 Å². The fraction of sp³-hybridized carbons (Fsp3) is 0.250. The highest BCUT2D eigenvalue weighted by molar-refractivity contribution is 7.99. The Morgan fingerprint density at radius 1 is 1.43 bits per heavy atom. The predicted molar refractivity (Wildman–Crippen MR) is 58.6 cm³/mol. The highest BCUT2D eigenvalue weighted by atomic mass is 32.2. The summed E-state index contributed by atoms with van der Waals surface area (Å²) in [5.74, 6) is 0.832. The molecule has 1 aromatic carbocycles. The number of anilines is 1. The number of hydrogen-bond donors (Lipinski definition) is 2. The summed E-state index contributed by atoms with van der Waals surface area (Å²) in [5.41, 5.74) is 5.91. The molecule has 0 saturated heterocycles. The van der Waals surface area contributed by atoms with Crippen molar-refractivity contribution in [1.82, 2.24) is 0 Å². The molecule has 0 spiro atoms. The zero-order chi connectivity index (χ0) is 10.8. The topological polar surface area (TPSA) is 86.2 Å². The molecule has 1 rings (SSSR count). The van der Waals surface area contributed by atoms with Crippen LogP contribution in [0.5, 0.6) is 0 Å². The van der Waals surface area contributed by atoms with Crippen LogP contribution < -0.4 is 10.9 Å². The van der Waals surface area contributed by atoms with Crippen molar-refractivity contribution in [3.8, 4) is 0 Å². The van der Waals surface area contributed by atoms with Crippen molar-refractivity contribution in [3.05, 3.63) is 18.2 Å². The van der Waals surface area contributed by atoms with Crippen molar-refractivity contribution in [3.63, 3.8) is 0 Å². The summed E-state index contributed by atoms with van der Waals surface area (Å²) < 4.78 is 22.2. The minimum absolute atomic E-state index is 0.00375. The summed E-state index contributed by atoms with van der Waals surface area (Å²) in [6.45, 7) is 1.97. The number of primary sulfonamides is 1. The van der Waals surface area contributed by atoms with E-state index in [2.05, 4.69) is 0 Å². The molecule has 14 heavy (non-hydrogen) atoms. The van der Waals surface area contributed by atoms with Crippen LogP contribution in [0.4, 0.5) is 5.69 Å². The maximum atomic E-state index is 11.1. The third-order valence-corrected chi connectivity index (χ3v) is 3.56. The Morgan fingerprint density at radius 2 is 2.07 bits per heavy atom. The lowest BCUT2D eigenvalue weighted by atomic mass is 10.3. The van der Waals surface area contributed by atoms with Crippen LogP contribution in [0.3, 0.4) is 0 Å². The maximum Gasteiger partial charge on any atom is 0.240 e. The standard InChI is InChI=1S/C8H12N2O2S2/c1-2-13-6-4-3-5-7(8(6)9)14(10,11)12/h3-5H,2,9H2,1H3,(H2,10,11,12). The Morgan fingerprint density at radius 3 is 2.57 bits per heavy atom. The van der Waals surface area contributed by atoms with E-state index in [1.807, 2.05) is 6.92 Å². The molecule has 0 aliphatic carbocycles. The zero-order valence-electron chi connectivity index (χ0n) is 7.73. The van der Waals surface area contributed by atoms with Crippen LogP contribution in [0, 0.1) is 0 Å². The first-order valence-corrected chi connectivity index (χ1v) is 6.54. The van der Waals surface area contributed by atoms with E-state index < -0.39 is 10.0 Å². The number of thioether (sulfide) groups is 1. The number of para-hydroxylation sites is 1. The largest absolute Gasteiger partial charge is 0.397 e. The third-order valence-electron chi connectivity index (χ3n) is 1.63. The zero-order valence-corrected chi connectivity index (χ0v) is 9.36. The van der Waals surface area contributed by atoms with Crippen LogP contribution in [0.1, 0.15) is 6.92 Å². The van der Waals surface area contributed by atoms with E-state index in [9.17, 15) is 8.42 Å². The van der Waals surface area contributed by atoms with Crippen molar-refractivity contribution in [2.24, 2.45) is 5.14 Å². The van der Waals surface area contributed by atoms with Gasteiger partial charge < -0.3 is 5.73 Å². The molecule has 0 aliphatic heterocycles. The summed E-state index contributed by atoms with van der Waals surface area (Å²) in [4.78, 5) is 0.745. The molecule has 78 valence electrons. The second-order valence-corrected chi connectivity index (χ2v) is 5.48. The van der Waals surface area contributed by atoms with Gasteiger partial charge in [0.15, 0.2) is 0 Å². The van der Waals surface area contributed by atoms with Crippen LogP contribution >= 0.6 is 11.8 Å². The molecule has 4 N–H and O–H groups in total. The quantitative estimate of drug-likeness (QED) is 0.602. The molecule has 0 heterocycles. The highest BCUT2D eigenvalue weighted by Crippen LogP contribution is 2.29. The van der Waals surface area contributed by atoms with Crippen molar-refractivity contribution in [2.75, 3.05) is 11.5 Å². The molecule has 0 amide bonds. The normalized spacial score (nSPS) is 11.6. The Bertz CT molecular complexity index is 429. The lowest BCUT2D eigenvalue weighted by molar-refractivity contribution is 0.598. The SMILES string of the molecule is CCSc1cccc(S(N)(=O)=O)c1N. The van der Waals surface area contributed by atoms with E-state index in [1.54, 1.807) is 12.1 Å². The van der Waals surface area contributed by atoms with Crippen molar-refractivity contribution >= 4 is 27.5 Å². The minimum Gasteiger partial charge on any atom is -0.397 e. The van der Waals surface area contributed by atoms with Crippen molar-refractivity contribution in [2.45, 2.75) is 16.7 Å². The molecule has 0 radical (unpaired) electrons. The van der Waals surface area contributed by atoms with Crippen LogP contribution in [0.15, 0.2) is 28.0 Å². The van der Waals surface area contributed by atoms with Gasteiger partial charge in [0, 0.05) is 4.90 Å². The average molecular weight is 232 g/mol. The van der Waals surface area contributed by atoms with E-state index in [1.165, 1.54) is 17.8 Å². The van der Waals surface area contributed by atoms with Gasteiger partial charge in [-0.2, -0.15) is 0 Å². The molecule has 0 aromatic heterocycles. The Labute approximate surface area is 87.7 Å². The second kappa shape index (κ2) is 4.20. The van der Waals surface area contributed by atoms with Crippen LogP contribution in [-0.2, 0) is 10.0 Å². The smallest absolute Gasteiger partial charge is 0.240 e. The average Bonchev–Trinajstić information content (AvgIpc) is 2.07. The van der Waals surface area contributed by atoms with Crippen LogP contribution in [0.2, 0.25) is 0 Å². The summed E-state index contributed by atoms with van der Waals surface area (Å²) >= 11 is 1.49. The number of sulfonamides is 1. The summed E-state index contributed by atoms with van der Waals surface area (Å²) in [6.07, 6.45) is 0. The van der Waals surface area contributed by atoms with Gasteiger partial charge in [0.25, 0.3) is 0 Å². The molecule has 6 heteroatoms. The number of rotatable bonds is 3. The lowest BCUT2D eigenvalue weighted by Gasteiger charge is -2.07. The highest BCUT2D eigenvalue weighted by Gasteiger charge is 2.14. The van der Waals surface area contributed by atoms with E-state index in [0.29, 0.717) is 0 Å². The molecule has 0 fully saturated rings. The molecular weight excluding hydrogens is 220 g/mol. The summed E-state index contributed by atoms with van der Waals surface area (Å²) in [6, 6.07) is 4.82. The molecule has 4 nitrogen and oxygen atoms in total. The number of nitrogen functional groups attached to an aromatic ring is 1.